The summed E-state index contributed by atoms with van der Waals surface area (Å²) in [5, 5.41) is 22.3. The molecule has 8 heteroatoms. The number of rotatable bonds is 6. The van der Waals surface area contributed by atoms with E-state index >= 15 is 0 Å². The number of pyridine rings is 1. The molecule has 1 aromatic heterocycles. The van der Waals surface area contributed by atoms with E-state index in [1.54, 1.807) is 6.07 Å². The Balaban J connectivity index is 3.00. The lowest BCUT2D eigenvalue weighted by atomic mass is 10.2. The summed E-state index contributed by atoms with van der Waals surface area (Å²) in [7, 11) is 0. The molecule has 1 aromatic rings. The van der Waals surface area contributed by atoms with Crippen molar-refractivity contribution >= 4 is 11.6 Å². The molecular formula is C13H16N4O4. The number of nitrogens with one attached hydrogen (secondary N) is 1. The van der Waals surface area contributed by atoms with Crippen LogP contribution in [0.3, 0.4) is 0 Å². The normalized spacial score (nSPS) is 11.5. The zero-order chi connectivity index (χ0) is 16.0. The van der Waals surface area contributed by atoms with Crippen molar-refractivity contribution in [2.24, 2.45) is 0 Å². The maximum absolute atomic E-state index is 11.9. The largest absolute Gasteiger partial charge is 0.352 e. The first-order valence-electron chi connectivity index (χ1n) is 6.47. The van der Waals surface area contributed by atoms with Crippen LogP contribution in [0.4, 0.5) is 5.69 Å². The summed E-state index contributed by atoms with van der Waals surface area (Å²) >= 11 is 0. The molecule has 21 heavy (non-hydrogen) atoms. The fraction of sp³-hybridized carbons (Fsp3) is 0.462. The quantitative estimate of drug-likeness (QED) is 0.618. The van der Waals surface area contributed by atoms with Gasteiger partial charge < -0.3 is 5.32 Å². The van der Waals surface area contributed by atoms with Crippen molar-refractivity contribution < 1.29 is 9.72 Å². The van der Waals surface area contributed by atoms with Crippen LogP contribution in [0.1, 0.15) is 32.3 Å². The molecule has 0 saturated heterocycles. The monoisotopic (exact) mass is 292 g/mol. The maximum Gasteiger partial charge on any atom is 0.287 e. The van der Waals surface area contributed by atoms with Crippen LogP contribution >= 0.6 is 0 Å². The fourth-order valence-electron chi connectivity index (χ4n) is 1.90. The number of aromatic nitrogens is 1. The number of amides is 1. The van der Waals surface area contributed by atoms with E-state index in [0.29, 0.717) is 0 Å². The first-order chi connectivity index (χ1) is 9.88. The Bertz CT molecular complexity index is 645. The van der Waals surface area contributed by atoms with Gasteiger partial charge in [0.15, 0.2) is 0 Å². The van der Waals surface area contributed by atoms with Gasteiger partial charge in [0.25, 0.3) is 11.2 Å². The third-order valence-electron chi connectivity index (χ3n) is 2.85. The standard InChI is InChI=1S/C13H16N4O4/c1-3-4-9(2)15-12(18)8-16-7-11(17(20)21)5-10(6-14)13(16)19/h5,7,9H,3-4,8H2,1-2H3,(H,15,18)/t9-/m1/s1. The molecule has 0 radical (unpaired) electrons. The molecule has 1 N–H and O–H groups in total. The first kappa shape index (κ1) is 16.4. The minimum Gasteiger partial charge on any atom is -0.352 e. The van der Waals surface area contributed by atoms with Crippen molar-refractivity contribution in [1.29, 1.82) is 5.26 Å². The smallest absolute Gasteiger partial charge is 0.287 e. The Morgan fingerprint density at radius 3 is 2.81 bits per heavy atom. The van der Waals surface area contributed by atoms with E-state index in [1.165, 1.54) is 0 Å². The number of carbonyl (C=O) groups is 1. The van der Waals surface area contributed by atoms with Gasteiger partial charge in [-0.1, -0.05) is 13.3 Å². The van der Waals surface area contributed by atoms with Gasteiger partial charge in [-0.3, -0.25) is 24.3 Å². The SMILES string of the molecule is CCC[C@@H](C)NC(=O)Cn1cc([N+](=O)[O-])cc(C#N)c1=O. The summed E-state index contributed by atoms with van der Waals surface area (Å²) in [4.78, 5) is 33.7. The fourth-order valence-corrected chi connectivity index (χ4v) is 1.90. The summed E-state index contributed by atoms with van der Waals surface area (Å²) in [5.41, 5.74) is -1.49. The minimum atomic E-state index is -0.721. The first-order valence-corrected chi connectivity index (χ1v) is 6.47. The Hall–Kier alpha value is -2.69. The summed E-state index contributed by atoms with van der Waals surface area (Å²) in [5.74, 6) is -0.428. The summed E-state index contributed by atoms with van der Waals surface area (Å²) in [6.45, 7) is 3.45. The minimum absolute atomic E-state index is 0.0488. The molecule has 1 heterocycles. The third kappa shape index (κ3) is 4.42. The van der Waals surface area contributed by atoms with Gasteiger partial charge in [-0.25, -0.2) is 0 Å². The van der Waals surface area contributed by atoms with E-state index in [2.05, 4.69) is 5.32 Å². The molecule has 0 fully saturated rings. The van der Waals surface area contributed by atoms with Gasteiger partial charge in [0.1, 0.15) is 18.2 Å². The molecule has 0 aromatic carbocycles. The Labute approximate surface area is 121 Å². The highest BCUT2D eigenvalue weighted by atomic mass is 16.6. The molecule has 0 spiro atoms. The maximum atomic E-state index is 11.9. The molecule has 0 aliphatic heterocycles. The molecule has 0 saturated carbocycles. The van der Waals surface area contributed by atoms with Gasteiger partial charge >= 0.3 is 0 Å². The van der Waals surface area contributed by atoms with Crippen LogP contribution in [0.15, 0.2) is 17.1 Å². The van der Waals surface area contributed by atoms with Crippen molar-refractivity contribution in [2.45, 2.75) is 39.3 Å². The predicted molar refractivity (Wildman–Crippen MR) is 74.6 cm³/mol. The molecule has 0 unspecified atom stereocenters. The molecule has 1 amide bonds. The number of nitriles is 1. The van der Waals surface area contributed by atoms with Gasteiger partial charge in [0.05, 0.1) is 11.1 Å². The highest BCUT2D eigenvalue weighted by Gasteiger charge is 2.16. The molecule has 112 valence electrons. The lowest BCUT2D eigenvalue weighted by molar-refractivity contribution is -0.385. The zero-order valence-electron chi connectivity index (χ0n) is 11.8. The molecule has 1 rings (SSSR count). The number of hydrogen-bond donors (Lipinski definition) is 1. The van der Waals surface area contributed by atoms with E-state index in [1.807, 2.05) is 13.8 Å². The van der Waals surface area contributed by atoms with Crippen LogP contribution in [0.2, 0.25) is 0 Å². The number of hydrogen-bond acceptors (Lipinski definition) is 5. The second-order valence-corrected chi connectivity index (χ2v) is 4.67. The lowest BCUT2D eigenvalue weighted by Gasteiger charge is -2.13. The van der Waals surface area contributed by atoms with Gasteiger partial charge in [-0.2, -0.15) is 5.26 Å². The van der Waals surface area contributed by atoms with Crippen LogP contribution in [0.25, 0.3) is 0 Å². The van der Waals surface area contributed by atoms with E-state index < -0.39 is 22.1 Å². The van der Waals surface area contributed by atoms with Crippen molar-refractivity contribution in [2.75, 3.05) is 0 Å². The van der Waals surface area contributed by atoms with Gasteiger partial charge in [0, 0.05) is 12.1 Å². The molecule has 8 nitrogen and oxygen atoms in total. The van der Waals surface area contributed by atoms with Crippen LogP contribution in [0, 0.1) is 21.4 Å². The van der Waals surface area contributed by atoms with Crippen molar-refractivity contribution in [3.05, 3.63) is 38.3 Å². The number of nitro groups is 1. The molecule has 0 bridgehead atoms. The Kier molecular flexibility index (Phi) is 5.60. The van der Waals surface area contributed by atoms with E-state index in [-0.39, 0.29) is 18.2 Å². The molecule has 0 aliphatic carbocycles. The average Bonchev–Trinajstić information content (AvgIpc) is 2.40. The highest BCUT2D eigenvalue weighted by Crippen LogP contribution is 2.09. The second-order valence-electron chi connectivity index (χ2n) is 4.67. The topological polar surface area (TPSA) is 118 Å². The summed E-state index contributed by atoms with van der Waals surface area (Å²) in [6.07, 6.45) is 2.66. The molecular weight excluding hydrogens is 276 g/mol. The third-order valence-corrected chi connectivity index (χ3v) is 2.85. The van der Waals surface area contributed by atoms with Gasteiger partial charge in [-0.05, 0) is 13.3 Å². The van der Waals surface area contributed by atoms with Crippen molar-refractivity contribution in [1.82, 2.24) is 9.88 Å². The van der Waals surface area contributed by atoms with Gasteiger partial charge in [0.2, 0.25) is 5.91 Å². The second kappa shape index (κ2) is 7.19. The Morgan fingerprint density at radius 1 is 1.62 bits per heavy atom. The molecule has 1 atom stereocenters. The average molecular weight is 292 g/mol. The van der Waals surface area contributed by atoms with Crippen LogP contribution in [-0.2, 0) is 11.3 Å². The predicted octanol–water partition coefficient (Wildman–Crippen LogP) is 0.933. The lowest BCUT2D eigenvalue weighted by Crippen LogP contribution is -2.37. The Morgan fingerprint density at radius 2 is 2.29 bits per heavy atom. The highest BCUT2D eigenvalue weighted by molar-refractivity contribution is 5.76. The van der Waals surface area contributed by atoms with E-state index in [4.69, 9.17) is 5.26 Å². The van der Waals surface area contributed by atoms with Crippen LogP contribution < -0.4 is 10.9 Å². The van der Waals surface area contributed by atoms with Crippen molar-refractivity contribution in [3.8, 4) is 6.07 Å². The number of carbonyl (C=O) groups excluding carboxylic acids is 1. The van der Waals surface area contributed by atoms with Crippen LogP contribution in [-0.4, -0.2) is 21.4 Å². The van der Waals surface area contributed by atoms with Crippen LogP contribution in [0.5, 0.6) is 0 Å². The molecule has 0 aliphatic rings. The summed E-state index contributed by atoms with van der Waals surface area (Å²) < 4.78 is 0.880. The van der Waals surface area contributed by atoms with Crippen molar-refractivity contribution in [3.63, 3.8) is 0 Å². The van der Waals surface area contributed by atoms with E-state index in [9.17, 15) is 19.7 Å². The zero-order valence-corrected chi connectivity index (χ0v) is 11.8. The summed E-state index contributed by atoms with van der Waals surface area (Å²) in [6, 6.07) is 2.45. The number of nitrogens with zero attached hydrogens (tertiary/aromatic N) is 3. The van der Waals surface area contributed by atoms with Gasteiger partial charge in [-0.15, -0.1) is 0 Å². The van der Waals surface area contributed by atoms with E-state index in [0.717, 1.165) is 29.7 Å².